The molecular formula is C36H64N4O5S. The lowest BCUT2D eigenvalue weighted by atomic mass is 9.74. The van der Waals surface area contributed by atoms with Gasteiger partial charge in [-0.15, -0.1) is 17.2 Å². The number of unbranched alkanes of at least 4 members (excludes halogenated alkanes) is 1. The summed E-state index contributed by atoms with van der Waals surface area (Å²) in [5.74, 6) is 2.33. The van der Waals surface area contributed by atoms with Crippen molar-refractivity contribution in [2.75, 3.05) is 26.2 Å². The van der Waals surface area contributed by atoms with E-state index in [1.807, 2.05) is 4.90 Å². The van der Waals surface area contributed by atoms with Crippen molar-refractivity contribution in [2.24, 2.45) is 23.7 Å². The van der Waals surface area contributed by atoms with E-state index >= 15 is 0 Å². The van der Waals surface area contributed by atoms with Crippen molar-refractivity contribution in [2.45, 2.75) is 154 Å². The molecule has 3 N–H and O–H groups in total. The van der Waals surface area contributed by atoms with Crippen LogP contribution in [0.3, 0.4) is 0 Å². The fourth-order valence-electron chi connectivity index (χ4n) is 7.90. The Bertz CT molecular complexity index is 1060. The van der Waals surface area contributed by atoms with E-state index in [4.69, 9.17) is 6.42 Å². The van der Waals surface area contributed by atoms with E-state index in [1.54, 1.807) is 5.01 Å². The first-order valence-corrected chi connectivity index (χ1v) is 20.2. The van der Waals surface area contributed by atoms with Gasteiger partial charge in [-0.05, 0) is 63.7 Å². The van der Waals surface area contributed by atoms with E-state index < -0.39 is 33.3 Å². The van der Waals surface area contributed by atoms with Crippen molar-refractivity contribution in [3.63, 3.8) is 0 Å². The second-order valence-electron chi connectivity index (χ2n) is 14.4. The molecule has 0 aromatic rings. The molecule has 0 aromatic carbocycles. The fraction of sp³-hybridized carbons (Fsp3) is 0.889. The molecule has 5 atom stereocenters. The summed E-state index contributed by atoms with van der Waals surface area (Å²) in [5.41, 5.74) is 0. The summed E-state index contributed by atoms with van der Waals surface area (Å²) in [4.78, 5) is 32.3. The van der Waals surface area contributed by atoms with Gasteiger partial charge in [-0.25, -0.2) is 13.4 Å². The predicted molar refractivity (Wildman–Crippen MR) is 185 cm³/mol. The summed E-state index contributed by atoms with van der Waals surface area (Å²) in [5, 5.41) is 16.2. The average Bonchev–Trinajstić information content (AvgIpc) is 3.06. The average molecular weight is 665 g/mol. The number of hydrogen-bond donors (Lipinski definition) is 3. The van der Waals surface area contributed by atoms with E-state index in [9.17, 15) is 23.1 Å². The molecule has 10 heteroatoms. The highest BCUT2D eigenvalue weighted by Gasteiger charge is 2.39. The highest BCUT2D eigenvalue weighted by Crippen LogP contribution is 2.35. The maximum absolute atomic E-state index is 14.0. The summed E-state index contributed by atoms with van der Waals surface area (Å²) in [7, 11) is -3.57. The molecule has 5 unspecified atom stereocenters. The van der Waals surface area contributed by atoms with E-state index in [1.165, 1.54) is 6.42 Å². The third-order valence-corrected chi connectivity index (χ3v) is 12.4. The second-order valence-corrected chi connectivity index (χ2v) is 16.3. The van der Waals surface area contributed by atoms with Gasteiger partial charge in [0.15, 0.2) is 0 Å². The van der Waals surface area contributed by atoms with Gasteiger partial charge in [0, 0.05) is 43.9 Å². The van der Waals surface area contributed by atoms with Gasteiger partial charge in [0.25, 0.3) is 0 Å². The third-order valence-electron chi connectivity index (χ3n) is 10.5. The zero-order valence-corrected chi connectivity index (χ0v) is 29.9. The number of rotatable bonds is 18. The van der Waals surface area contributed by atoms with Gasteiger partial charge >= 0.3 is 0 Å². The zero-order chi connectivity index (χ0) is 33.5. The lowest BCUT2D eigenvalue weighted by Gasteiger charge is -2.37. The van der Waals surface area contributed by atoms with Crippen LogP contribution in [0.4, 0.5) is 0 Å². The van der Waals surface area contributed by atoms with Gasteiger partial charge in [-0.1, -0.05) is 78.6 Å². The molecule has 46 heavy (non-hydrogen) atoms. The van der Waals surface area contributed by atoms with Crippen molar-refractivity contribution in [3.8, 4) is 12.3 Å². The molecule has 0 aliphatic heterocycles. The standard InChI is InChI=1S/C36H64N4O5S/c1-5-9-22-40(38-46(44,45)32-18-14-11-15-19-32)27-34(41)33(25-29-16-12-10-13-17-29)37-35(42)30-23-28(8-4)24-31(26-30)36(43)39(20-6-2)21-7-3/h4,28-34,38,41H,5-7,9-27H2,1-3H3,(H,37,42). The van der Waals surface area contributed by atoms with Crippen molar-refractivity contribution in [1.29, 1.82) is 0 Å². The number of aliphatic hydroxyl groups excluding tert-OH is 1. The van der Waals surface area contributed by atoms with Gasteiger partial charge in [0.2, 0.25) is 21.8 Å². The monoisotopic (exact) mass is 664 g/mol. The smallest absolute Gasteiger partial charge is 0.227 e. The summed E-state index contributed by atoms with van der Waals surface area (Å²) >= 11 is 0. The van der Waals surface area contributed by atoms with Crippen LogP contribution in [0.5, 0.6) is 0 Å². The van der Waals surface area contributed by atoms with Crippen molar-refractivity contribution < 1.29 is 23.1 Å². The molecule has 0 bridgehead atoms. The van der Waals surface area contributed by atoms with E-state index in [0.29, 0.717) is 64.1 Å². The van der Waals surface area contributed by atoms with Gasteiger partial charge in [0.1, 0.15) is 0 Å². The van der Waals surface area contributed by atoms with E-state index in [0.717, 1.165) is 70.6 Å². The lowest BCUT2D eigenvalue weighted by molar-refractivity contribution is -0.139. The van der Waals surface area contributed by atoms with Crippen LogP contribution in [0, 0.1) is 36.0 Å². The van der Waals surface area contributed by atoms with E-state index in [-0.39, 0.29) is 30.2 Å². The Morgan fingerprint density at radius 2 is 1.48 bits per heavy atom. The van der Waals surface area contributed by atoms with Crippen molar-refractivity contribution in [3.05, 3.63) is 0 Å². The molecule has 0 saturated heterocycles. The first-order valence-electron chi connectivity index (χ1n) is 18.6. The number of terminal acetylenes is 1. The summed E-state index contributed by atoms with van der Waals surface area (Å²) in [6.45, 7) is 8.20. The first-order chi connectivity index (χ1) is 22.1. The number of aliphatic hydroxyl groups is 1. The zero-order valence-electron chi connectivity index (χ0n) is 29.1. The topological polar surface area (TPSA) is 119 Å². The van der Waals surface area contributed by atoms with Crippen LogP contribution in [-0.4, -0.2) is 78.8 Å². The van der Waals surface area contributed by atoms with Crippen LogP contribution in [0.2, 0.25) is 0 Å². The normalized spacial score (nSPS) is 24.7. The highest BCUT2D eigenvalue weighted by molar-refractivity contribution is 7.90. The van der Waals surface area contributed by atoms with Gasteiger partial charge in [-0.3, -0.25) is 9.59 Å². The number of carbonyl (C=O) groups is 2. The molecule has 3 aliphatic rings. The summed E-state index contributed by atoms with van der Waals surface area (Å²) in [6, 6.07) is -0.518. The summed E-state index contributed by atoms with van der Waals surface area (Å²) < 4.78 is 26.7. The molecule has 0 radical (unpaired) electrons. The number of carbonyl (C=O) groups excluding carboxylic acids is 2. The minimum Gasteiger partial charge on any atom is -0.390 e. The van der Waals surface area contributed by atoms with Gasteiger partial charge < -0.3 is 15.3 Å². The first kappa shape index (κ1) is 38.8. The van der Waals surface area contributed by atoms with Crippen LogP contribution >= 0.6 is 0 Å². The van der Waals surface area contributed by atoms with Crippen molar-refractivity contribution >= 4 is 21.8 Å². The highest BCUT2D eigenvalue weighted by atomic mass is 32.2. The quantitative estimate of drug-likeness (QED) is 0.134. The van der Waals surface area contributed by atoms with Crippen LogP contribution in [-0.2, 0) is 19.6 Å². The Kier molecular flexibility index (Phi) is 16.8. The molecular weight excluding hydrogens is 600 g/mol. The molecule has 3 aliphatic carbocycles. The van der Waals surface area contributed by atoms with Crippen LogP contribution in [0.25, 0.3) is 0 Å². The van der Waals surface area contributed by atoms with Crippen molar-refractivity contribution in [1.82, 2.24) is 20.1 Å². The molecule has 2 amide bonds. The number of nitrogens with zero attached hydrogens (tertiary/aromatic N) is 2. The van der Waals surface area contributed by atoms with Crippen LogP contribution in [0.1, 0.15) is 136 Å². The number of sulfonamides is 1. The Hall–Kier alpha value is -1.67. The Morgan fingerprint density at radius 3 is 2.07 bits per heavy atom. The Labute approximate surface area is 280 Å². The molecule has 0 heterocycles. The largest absolute Gasteiger partial charge is 0.390 e. The number of amides is 2. The third kappa shape index (κ3) is 12.1. The molecule has 0 aromatic heterocycles. The van der Waals surface area contributed by atoms with Crippen LogP contribution in [0.15, 0.2) is 0 Å². The molecule has 3 fully saturated rings. The SMILES string of the molecule is C#CC1CC(C(=O)NC(CC2CCCCC2)C(O)CN(CCCC)NS(=O)(=O)C2CCCCC2)CC(C(=O)N(CCC)CCC)C1. The maximum atomic E-state index is 14.0. The minimum absolute atomic E-state index is 0.0945. The second kappa shape index (κ2) is 20.0. The lowest BCUT2D eigenvalue weighted by Crippen LogP contribution is -2.55. The summed E-state index contributed by atoms with van der Waals surface area (Å²) in [6.07, 6.45) is 20.5. The Balaban J connectivity index is 1.76. The van der Waals surface area contributed by atoms with Crippen LogP contribution < -0.4 is 10.1 Å². The molecule has 3 saturated carbocycles. The predicted octanol–water partition coefficient (Wildman–Crippen LogP) is 5.39. The number of hydrazine groups is 1. The molecule has 264 valence electrons. The maximum Gasteiger partial charge on any atom is 0.227 e. The van der Waals surface area contributed by atoms with E-state index in [2.05, 4.69) is 36.8 Å². The number of hydrogen-bond acceptors (Lipinski definition) is 6. The van der Waals surface area contributed by atoms with Gasteiger partial charge in [-0.2, -0.15) is 0 Å². The Morgan fingerprint density at radius 1 is 0.870 bits per heavy atom. The fourth-order valence-corrected chi connectivity index (χ4v) is 9.53. The minimum atomic E-state index is -3.57. The molecule has 9 nitrogen and oxygen atoms in total. The molecule has 0 spiro atoms. The number of nitrogens with one attached hydrogen (secondary N) is 2. The van der Waals surface area contributed by atoms with Gasteiger partial charge in [0.05, 0.1) is 17.4 Å². The molecule has 3 rings (SSSR count).